The number of anilines is 1. The highest BCUT2D eigenvalue weighted by Crippen LogP contribution is 2.35. The minimum atomic E-state index is 0.320. The molecule has 0 radical (unpaired) electrons. The van der Waals surface area contributed by atoms with Crippen LogP contribution in [-0.2, 0) is 0 Å². The van der Waals surface area contributed by atoms with Gasteiger partial charge in [0, 0.05) is 41.6 Å². The smallest absolute Gasteiger partial charge is 0.177 e. The quantitative estimate of drug-likeness (QED) is 0.401. The number of aromatic amines is 1. The van der Waals surface area contributed by atoms with Gasteiger partial charge >= 0.3 is 0 Å². The molecule has 0 atom stereocenters. The molecule has 0 bridgehead atoms. The van der Waals surface area contributed by atoms with Crippen LogP contribution >= 0.6 is 0 Å². The second-order valence-electron chi connectivity index (χ2n) is 10.6. The van der Waals surface area contributed by atoms with Crippen molar-refractivity contribution >= 4 is 28.0 Å². The summed E-state index contributed by atoms with van der Waals surface area (Å²) in [6.45, 7) is 8.99. The fourth-order valence-electron chi connectivity index (χ4n) is 6.25. The Kier molecular flexibility index (Phi) is 5.92. The average molecular weight is 473 g/mol. The topological polar surface area (TPSA) is 87.5 Å². The molecule has 5 heterocycles. The van der Waals surface area contributed by atoms with Gasteiger partial charge in [0.1, 0.15) is 23.6 Å². The summed E-state index contributed by atoms with van der Waals surface area (Å²) in [6.07, 6.45) is 14.7. The van der Waals surface area contributed by atoms with Crippen LogP contribution in [0.3, 0.4) is 0 Å². The molecule has 0 aromatic carbocycles. The van der Waals surface area contributed by atoms with Gasteiger partial charge in [-0.05, 0) is 78.5 Å². The molecule has 0 unspecified atom stereocenters. The second-order valence-corrected chi connectivity index (χ2v) is 10.6. The third-order valence-electron chi connectivity index (χ3n) is 7.96. The molecule has 2 N–H and O–H groups in total. The van der Waals surface area contributed by atoms with E-state index in [2.05, 4.69) is 54.6 Å². The van der Waals surface area contributed by atoms with E-state index in [1.807, 2.05) is 19.3 Å². The summed E-state index contributed by atoms with van der Waals surface area (Å²) in [4.78, 5) is 24.6. The lowest BCUT2D eigenvalue weighted by Gasteiger charge is -2.39. The van der Waals surface area contributed by atoms with Crippen LogP contribution in [0.4, 0.5) is 5.82 Å². The Balaban J connectivity index is 1.28. The Hall–Kier alpha value is -3.00. The molecule has 0 amide bonds. The van der Waals surface area contributed by atoms with Crippen LogP contribution in [0.1, 0.15) is 70.7 Å². The maximum atomic E-state index is 4.69. The standard InChI is InChI=1S/C27H36N8/c1-17(2)35-18(3)32-25-23(35)13-19(14-28-25)22-15-29-26-24(22)27(31-16-30-26)33-20-7-9-21(10-8-20)34-11-5-4-6-12-34/h13-17,20-21H,4-12H2,1-3H3,(H2,29,30,31,33). The third-order valence-corrected chi connectivity index (χ3v) is 7.96. The van der Waals surface area contributed by atoms with E-state index >= 15 is 0 Å². The Labute approximate surface area is 206 Å². The zero-order valence-electron chi connectivity index (χ0n) is 21.1. The summed E-state index contributed by atoms with van der Waals surface area (Å²) in [6, 6.07) is 3.72. The lowest BCUT2D eigenvalue weighted by Crippen LogP contribution is -2.43. The number of hydrogen-bond donors (Lipinski definition) is 2. The van der Waals surface area contributed by atoms with E-state index in [4.69, 9.17) is 4.98 Å². The maximum Gasteiger partial charge on any atom is 0.177 e. The number of nitrogens with zero attached hydrogens (tertiary/aromatic N) is 6. The van der Waals surface area contributed by atoms with E-state index in [-0.39, 0.29) is 0 Å². The van der Waals surface area contributed by atoms with Crippen LogP contribution in [0.25, 0.3) is 33.3 Å². The van der Waals surface area contributed by atoms with Gasteiger partial charge in [-0.25, -0.2) is 19.9 Å². The predicted octanol–water partition coefficient (Wildman–Crippen LogP) is 5.47. The third kappa shape index (κ3) is 4.18. The van der Waals surface area contributed by atoms with E-state index in [9.17, 15) is 0 Å². The molecule has 1 aliphatic heterocycles. The molecule has 8 nitrogen and oxygen atoms in total. The Morgan fingerprint density at radius 3 is 2.60 bits per heavy atom. The van der Waals surface area contributed by atoms with Gasteiger partial charge in [-0.2, -0.15) is 0 Å². The van der Waals surface area contributed by atoms with Crippen molar-refractivity contribution in [2.45, 2.75) is 83.8 Å². The van der Waals surface area contributed by atoms with Gasteiger partial charge in [-0.15, -0.1) is 0 Å². The number of aromatic nitrogens is 6. The number of rotatable bonds is 5. The van der Waals surface area contributed by atoms with E-state index in [0.717, 1.165) is 51.0 Å². The molecule has 0 spiro atoms. The molecule has 184 valence electrons. The molecular formula is C27H36N8. The molecule has 1 saturated carbocycles. The monoisotopic (exact) mass is 472 g/mol. The lowest BCUT2D eigenvalue weighted by atomic mass is 9.89. The van der Waals surface area contributed by atoms with Gasteiger partial charge in [0.25, 0.3) is 0 Å². The van der Waals surface area contributed by atoms with E-state index in [1.165, 1.54) is 58.0 Å². The largest absolute Gasteiger partial charge is 0.367 e. The Morgan fingerprint density at radius 1 is 1.03 bits per heavy atom. The summed E-state index contributed by atoms with van der Waals surface area (Å²) in [5.41, 5.74) is 4.84. The number of piperidine rings is 1. The van der Waals surface area contributed by atoms with Crippen molar-refractivity contribution in [1.29, 1.82) is 0 Å². The van der Waals surface area contributed by atoms with Crippen LogP contribution in [0.15, 0.2) is 24.8 Å². The molecule has 4 aromatic heterocycles. The Morgan fingerprint density at radius 2 is 1.83 bits per heavy atom. The first-order valence-corrected chi connectivity index (χ1v) is 13.3. The Bertz CT molecular complexity index is 1320. The number of likely N-dealkylation sites (tertiary alicyclic amines) is 1. The maximum absolute atomic E-state index is 4.69. The van der Waals surface area contributed by atoms with Crippen LogP contribution in [0.2, 0.25) is 0 Å². The molecule has 1 saturated heterocycles. The number of nitrogens with one attached hydrogen (secondary N) is 2. The number of pyridine rings is 1. The molecule has 2 fully saturated rings. The summed E-state index contributed by atoms with van der Waals surface area (Å²) in [5.74, 6) is 1.91. The molecule has 35 heavy (non-hydrogen) atoms. The van der Waals surface area contributed by atoms with Gasteiger partial charge in [-0.3, -0.25) is 0 Å². The highest BCUT2D eigenvalue weighted by Gasteiger charge is 2.27. The molecule has 8 heteroatoms. The molecule has 6 rings (SSSR count). The van der Waals surface area contributed by atoms with Gasteiger partial charge in [-0.1, -0.05) is 6.42 Å². The molecule has 4 aromatic rings. The van der Waals surface area contributed by atoms with Crippen LogP contribution in [0.5, 0.6) is 0 Å². The van der Waals surface area contributed by atoms with Crippen molar-refractivity contribution in [2.24, 2.45) is 0 Å². The van der Waals surface area contributed by atoms with Gasteiger partial charge in [0.15, 0.2) is 5.65 Å². The summed E-state index contributed by atoms with van der Waals surface area (Å²) >= 11 is 0. The van der Waals surface area contributed by atoms with Crippen LogP contribution < -0.4 is 5.32 Å². The van der Waals surface area contributed by atoms with Crippen molar-refractivity contribution in [3.05, 3.63) is 30.6 Å². The van der Waals surface area contributed by atoms with Crippen molar-refractivity contribution in [3.63, 3.8) is 0 Å². The normalized spacial score (nSPS) is 21.8. The van der Waals surface area contributed by atoms with Crippen molar-refractivity contribution in [1.82, 2.24) is 34.4 Å². The summed E-state index contributed by atoms with van der Waals surface area (Å²) < 4.78 is 2.25. The fourth-order valence-corrected chi connectivity index (χ4v) is 6.25. The van der Waals surface area contributed by atoms with Crippen molar-refractivity contribution < 1.29 is 0 Å². The summed E-state index contributed by atoms with van der Waals surface area (Å²) in [7, 11) is 0. The minimum Gasteiger partial charge on any atom is -0.367 e. The lowest BCUT2D eigenvalue weighted by molar-refractivity contribution is 0.127. The van der Waals surface area contributed by atoms with Gasteiger partial charge in [0.05, 0.1) is 10.9 Å². The first-order valence-electron chi connectivity index (χ1n) is 13.3. The first-order chi connectivity index (χ1) is 17.1. The van der Waals surface area contributed by atoms with Gasteiger partial charge < -0.3 is 19.8 Å². The van der Waals surface area contributed by atoms with Gasteiger partial charge in [0.2, 0.25) is 0 Å². The predicted molar refractivity (Wildman–Crippen MR) is 141 cm³/mol. The zero-order chi connectivity index (χ0) is 23.9. The zero-order valence-corrected chi connectivity index (χ0v) is 21.1. The van der Waals surface area contributed by atoms with Crippen molar-refractivity contribution in [3.8, 4) is 11.1 Å². The van der Waals surface area contributed by atoms with Crippen molar-refractivity contribution in [2.75, 3.05) is 18.4 Å². The number of imidazole rings is 1. The SMILES string of the molecule is Cc1nc2ncc(-c3c[nH]c4ncnc(NC5CCC(N6CCCCC6)CC5)c34)cc2n1C(C)C. The average Bonchev–Trinajstić information content (AvgIpc) is 3.45. The number of H-pyrrole nitrogens is 1. The first kappa shape index (κ1) is 22.5. The van der Waals surface area contributed by atoms with Crippen LogP contribution in [-0.4, -0.2) is 59.6 Å². The molecular weight excluding hydrogens is 436 g/mol. The highest BCUT2D eigenvalue weighted by molar-refractivity contribution is 6.01. The second kappa shape index (κ2) is 9.22. The fraction of sp³-hybridized carbons (Fsp3) is 0.556. The molecule has 2 aliphatic rings. The van der Waals surface area contributed by atoms with E-state index in [1.54, 1.807) is 6.33 Å². The van der Waals surface area contributed by atoms with E-state index in [0.29, 0.717) is 12.1 Å². The highest BCUT2D eigenvalue weighted by atomic mass is 15.2. The van der Waals surface area contributed by atoms with E-state index < -0.39 is 0 Å². The number of aryl methyl sites for hydroxylation is 1. The van der Waals surface area contributed by atoms with Crippen LogP contribution in [0, 0.1) is 6.92 Å². The summed E-state index contributed by atoms with van der Waals surface area (Å²) in [5, 5.41) is 4.83. The minimum absolute atomic E-state index is 0.320. The molecule has 1 aliphatic carbocycles. The number of fused-ring (bicyclic) bond motifs is 2. The number of hydrogen-bond acceptors (Lipinski definition) is 6.